The maximum Gasteiger partial charge on any atom is 0.348 e. The molecule has 7 nitrogen and oxygen atoms in total. The topological polar surface area (TPSA) is 90.3 Å². The van der Waals surface area contributed by atoms with Crippen LogP contribution in [0.3, 0.4) is 0 Å². The first-order chi connectivity index (χ1) is 16.5. The molecule has 2 aromatic heterocycles. The zero-order valence-electron chi connectivity index (χ0n) is 18.9. The van der Waals surface area contributed by atoms with Crippen molar-refractivity contribution in [1.82, 2.24) is 9.55 Å². The number of hydrogen-bond donors (Lipinski definition) is 1. The predicted molar refractivity (Wildman–Crippen MR) is 133 cm³/mol. The minimum Gasteiger partial charge on any atom is -0.458 e. The van der Waals surface area contributed by atoms with Crippen LogP contribution in [0.5, 0.6) is 0 Å². The number of carbonyl (C=O) groups excluding carboxylic acids is 2. The summed E-state index contributed by atoms with van der Waals surface area (Å²) in [4.78, 5) is 43.8. The average Bonchev–Trinajstić information content (AvgIpc) is 3.18. The van der Waals surface area contributed by atoms with Crippen molar-refractivity contribution in [3.63, 3.8) is 0 Å². The normalized spacial score (nSPS) is 14.4. The Morgan fingerprint density at radius 1 is 1.12 bits per heavy atom. The fraction of sp³-hybridized carbons (Fsp3) is 0.308. The summed E-state index contributed by atoms with van der Waals surface area (Å²) in [6.07, 6.45) is 6.37. The van der Waals surface area contributed by atoms with Crippen molar-refractivity contribution in [1.29, 1.82) is 0 Å². The van der Waals surface area contributed by atoms with E-state index in [9.17, 15) is 14.4 Å². The lowest BCUT2D eigenvalue weighted by atomic mass is 9.98. The highest BCUT2D eigenvalue weighted by Gasteiger charge is 2.24. The molecular weight excluding hydrogens is 450 g/mol. The predicted octanol–water partition coefficient (Wildman–Crippen LogP) is 5.05. The molecule has 0 radical (unpaired) electrons. The van der Waals surface area contributed by atoms with Crippen LogP contribution in [0.15, 0.2) is 53.6 Å². The molecular formula is C26H25N3O4S. The van der Waals surface area contributed by atoms with E-state index in [0.29, 0.717) is 26.3 Å². The molecule has 2 aromatic carbocycles. The first kappa shape index (κ1) is 22.3. The van der Waals surface area contributed by atoms with Crippen molar-refractivity contribution in [3.05, 3.63) is 69.6 Å². The van der Waals surface area contributed by atoms with Crippen LogP contribution in [0.25, 0.3) is 21.0 Å². The highest BCUT2D eigenvalue weighted by Crippen LogP contribution is 2.29. The number of ether oxygens (including phenoxy) is 1. The lowest BCUT2D eigenvalue weighted by Gasteiger charge is -2.21. The Kier molecular flexibility index (Phi) is 6.15. The molecule has 0 aliphatic heterocycles. The number of esters is 1. The number of benzene rings is 2. The number of nitrogens with one attached hydrogen (secondary N) is 1. The maximum absolute atomic E-state index is 13.1. The molecule has 1 N–H and O–H groups in total. The number of anilines is 1. The van der Waals surface area contributed by atoms with Gasteiger partial charge in [0.05, 0.1) is 11.7 Å². The van der Waals surface area contributed by atoms with Crippen molar-refractivity contribution >= 4 is 49.9 Å². The second-order valence-corrected chi connectivity index (χ2v) is 9.69. The zero-order chi connectivity index (χ0) is 23.7. The molecule has 0 unspecified atom stereocenters. The maximum atomic E-state index is 13.1. The van der Waals surface area contributed by atoms with Gasteiger partial charge in [-0.1, -0.05) is 36.8 Å². The smallest absolute Gasteiger partial charge is 0.348 e. The van der Waals surface area contributed by atoms with Crippen LogP contribution in [0.2, 0.25) is 0 Å². The fourth-order valence-electron chi connectivity index (χ4n) is 4.48. The number of amides is 1. The lowest BCUT2D eigenvalue weighted by molar-refractivity contribution is -0.116. The van der Waals surface area contributed by atoms with Gasteiger partial charge < -0.3 is 10.1 Å². The van der Waals surface area contributed by atoms with Crippen molar-refractivity contribution in [3.8, 4) is 0 Å². The van der Waals surface area contributed by atoms with E-state index in [2.05, 4.69) is 10.3 Å². The summed E-state index contributed by atoms with van der Waals surface area (Å²) in [6.45, 7) is 1.56. The SMILES string of the molecule is Cc1c(C(=O)OC2CCCCC2)sc2ncn(CC(=O)Nc3ccc4ccccc4c3)c(=O)c12. The van der Waals surface area contributed by atoms with E-state index in [-0.39, 0.29) is 24.1 Å². The van der Waals surface area contributed by atoms with Gasteiger partial charge in [0.25, 0.3) is 5.56 Å². The van der Waals surface area contributed by atoms with Gasteiger partial charge in [0.2, 0.25) is 5.91 Å². The summed E-state index contributed by atoms with van der Waals surface area (Å²) in [5, 5.41) is 5.30. The summed E-state index contributed by atoms with van der Waals surface area (Å²) < 4.78 is 6.96. The number of hydrogen-bond acceptors (Lipinski definition) is 6. The molecule has 4 aromatic rings. The highest BCUT2D eigenvalue weighted by molar-refractivity contribution is 7.20. The molecule has 5 rings (SSSR count). The van der Waals surface area contributed by atoms with Gasteiger partial charge in [-0.25, -0.2) is 9.78 Å². The summed E-state index contributed by atoms with van der Waals surface area (Å²) >= 11 is 1.17. The summed E-state index contributed by atoms with van der Waals surface area (Å²) in [5.41, 5.74) is 0.872. The van der Waals surface area contributed by atoms with Crippen molar-refractivity contribution in [2.45, 2.75) is 51.7 Å². The molecule has 1 aliphatic carbocycles. The molecule has 174 valence electrons. The van der Waals surface area contributed by atoms with Crippen LogP contribution in [0.4, 0.5) is 5.69 Å². The third-order valence-corrected chi connectivity index (χ3v) is 7.46. The number of fused-ring (bicyclic) bond motifs is 2. The Balaban J connectivity index is 1.34. The van der Waals surface area contributed by atoms with Crippen molar-refractivity contribution in [2.24, 2.45) is 0 Å². The quantitative estimate of drug-likeness (QED) is 0.408. The van der Waals surface area contributed by atoms with E-state index < -0.39 is 5.97 Å². The monoisotopic (exact) mass is 475 g/mol. The van der Waals surface area contributed by atoms with Crippen LogP contribution in [-0.4, -0.2) is 27.5 Å². The Labute approximate surface area is 200 Å². The third-order valence-electron chi connectivity index (χ3n) is 6.28. The summed E-state index contributed by atoms with van der Waals surface area (Å²) in [6, 6.07) is 13.5. The Bertz CT molecular complexity index is 1450. The van der Waals surface area contributed by atoms with Crippen LogP contribution >= 0.6 is 11.3 Å². The number of carbonyl (C=O) groups is 2. The van der Waals surface area contributed by atoms with E-state index in [4.69, 9.17) is 4.74 Å². The van der Waals surface area contributed by atoms with Gasteiger partial charge in [0, 0.05) is 5.69 Å². The molecule has 0 atom stereocenters. The lowest BCUT2D eigenvalue weighted by Crippen LogP contribution is -2.28. The molecule has 1 saturated carbocycles. The van der Waals surface area contributed by atoms with Crippen LogP contribution in [0.1, 0.15) is 47.3 Å². The minimum absolute atomic E-state index is 0.0608. The largest absolute Gasteiger partial charge is 0.458 e. The van der Waals surface area contributed by atoms with E-state index in [0.717, 1.165) is 36.5 Å². The first-order valence-electron chi connectivity index (χ1n) is 11.5. The molecule has 1 amide bonds. The first-order valence-corrected chi connectivity index (χ1v) is 12.3. The van der Waals surface area contributed by atoms with Gasteiger partial charge in [-0.3, -0.25) is 14.2 Å². The van der Waals surface area contributed by atoms with Crippen molar-refractivity contribution < 1.29 is 14.3 Å². The minimum atomic E-state index is -0.396. The van der Waals surface area contributed by atoms with E-state index >= 15 is 0 Å². The van der Waals surface area contributed by atoms with Crippen LogP contribution in [0, 0.1) is 6.92 Å². The number of rotatable bonds is 5. The van der Waals surface area contributed by atoms with Gasteiger partial charge in [0.1, 0.15) is 22.4 Å². The number of nitrogens with zero attached hydrogens (tertiary/aromatic N) is 2. The molecule has 1 fully saturated rings. The van der Waals surface area contributed by atoms with E-state index in [1.165, 1.54) is 28.7 Å². The fourth-order valence-corrected chi connectivity index (χ4v) is 5.50. The Morgan fingerprint density at radius 2 is 1.88 bits per heavy atom. The zero-order valence-corrected chi connectivity index (χ0v) is 19.7. The van der Waals surface area contributed by atoms with Gasteiger partial charge in [0.15, 0.2) is 0 Å². The van der Waals surface area contributed by atoms with Crippen molar-refractivity contribution in [2.75, 3.05) is 5.32 Å². The summed E-state index contributed by atoms with van der Waals surface area (Å²) in [7, 11) is 0. The van der Waals surface area contributed by atoms with Gasteiger partial charge in [-0.2, -0.15) is 0 Å². The molecule has 34 heavy (non-hydrogen) atoms. The number of thiophene rings is 1. The molecule has 1 aliphatic rings. The van der Waals surface area contributed by atoms with Crippen LogP contribution in [-0.2, 0) is 16.1 Å². The van der Waals surface area contributed by atoms with E-state index in [1.54, 1.807) is 6.92 Å². The molecule has 0 bridgehead atoms. The van der Waals surface area contributed by atoms with Gasteiger partial charge >= 0.3 is 5.97 Å². The molecule has 8 heteroatoms. The molecule has 2 heterocycles. The third kappa shape index (κ3) is 4.46. The second-order valence-electron chi connectivity index (χ2n) is 8.69. The summed E-state index contributed by atoms with van der Waals surface area (Å²) in [5.74, 6) is -0.726. The number of aromatic nitrogens is 2. The molecule has 0 spiro atoms. The highest BCUT2D eigenvalue weighted by atomic mass is 32.1. The van der Waals surface area contributed by atoms with Gasteiger partial charge in [-0.15, -0.1) is 11.3 Å². The Hall–Kier alpha value is -3.52. The van der Waals surface area contributed by atoms with E-state index in [1.807, 2.05) is 42.5 Å². The molecule has 0 saturated heterocycles. The van der Waals surface area contributed by atoms with Crippen LogP contribution < -0.4 is 10.9 Å². The Morgan fingerprint density at radius 3 is 2.68 bits per heavy atom. The average molecular weight is 476 g/mol. The second kappa shape index (κ2) is 9.38. The van der Waals surface area contributed by atoms with Gasteiger partial charge in [-0.05, 0) is 61.1 Å². The standard InChI is InChI=1S/C26H25N3O4S/c1-16-22-24(34-23(16)26(32)33-20-9-3-2-4-10-20)27-15-29(25(22)31)14-21(30)28-19-12-11-17-7-5-6-8-18(17)13-19/h5-8,11-13,15,20H,2-4,9-10,14H2,1H3,(H,28,30). The number of aryl methyl sites for hydroxylation is 1.